The minimum Gasteiger partial charge on any atom is -0.465 e. The molecule has 0 spiro atoms. The van der Waals surface area contributed by atoms with Gasteiger partial charge in [-0.15, -0.1) is 0 Å². The largest absolute Gasteiger partial charge is 0.465 e. The molecule has 1 fully saturated rings. The number of carbonyl (C=O) groups excluding carboxylic acids is 8. The van der Waals surface area contributed by atoms with Gasteiger partial charge in [0.2, 0.25) is 0 Å². The molecule has 788 valence electrons. The zero-order valence-corrected chi connectivity index (χ0v) is 87.5. The molecule has 1 saturated heterocycles. The van der Waals surface area contributed by atoms with Crippen molar-refractivity contribution < 1.29 is 96.7 Å². The van der Waals surface area contributed by atoms with Crippen molar-refractivity contribution in [2.75, 3.05) is 131 Å². The second kappa shape index (κ2) is 93.4. The predicted octanol–water partition coefficient (Wildman–Crippen LogP) is 23.4. The van der Waals surface area contributed by atoms with Crippen molar-refractivity contribution in [3.05, 3.63) is 0 Å². The van der Waals surface area contributed by atoms with Crippen molar-refractivity contribution in [1.29, 1.82) is 0 Å². The number of aliphatic hydroxyl groups excluding tert-OH is 4. The summed E-state index contributed by atoms with van der Waals surface area (Å²) in [5, 5.41) is 45.3. The molecule has 24 nitrogen and oxygen atoms in total. The lowest BCUT2D eigenvalue weighted by Gasteiger charge is -2.35. The van der Waals surface area contributed by atoms with Crippen LogP contribution in [0.1, 0.15) is 479 Å². The fourth-order valence-electron chi connectivity index (χ4n) is 18.0. The van der Waals surface area contributed by atoms with Gasteiger partial charge in [0.25, 0.3) is 0 Å². The van der Waals surface area contributed by atoms with E-state index in [4.69, 9.17) is 37.9 Å². The van der Waals surface area contributed by atoms with Gasteiger partial charge in [-0.05, 0) is 193 Å². The first-order chi connectivity index (χ1) is 65.3. The van der Waals surface area contributed by atoms with Gasteiger partial charge in [0.1, 0.15) is 0 Å². The third kappa shape index (κ3) is 74.4. The number of ether oxygens (including phenoxy) is 8. The number of esters is 8. The van der Waals surface area contributed by atoms with Gasteiger partial charge in [0, 0.05) is 52.4 Å². The molecule has 0 bridgehead atoms. The Balaban J connectivity index is 3.08. The minimum absolute atomic E-state index is 0.0555. The van der Waals surface area contributed by atoms with Crippen LogP contribution in [-0.4, -0.2) is 244 Å². The second-order valence-corrected chi connectivity index (χ2v) is 39.4. The van der Waals surface area contributed by atoms with Crippen LogP contribution >= 0.6 is 0 Å². The molecule has 0 radical (unpaired) electrons. The monoisotopic (exact) mass is 1910 g/mol. The molecule has 1 aliphatic heterocycles. The zero-order valence-electron chi connectivity index (χ0n) is 87.5. The molecule has 0 aromatic rings. The highest BCUT2D eigenvalue weighted by Crippen LogP contribution is 2.27. The second-order valence-electron chi connectivity index (χ2n) is 39.4. The predicted molar refractivity (Wildman–Crippen MR) is 542 cm³/mol. The van der Waals surface area contributed by atoms with E-state index in [0.717, 1.165) is 257 Å². The van der Waals surface area contributed by atoms with Crippen LogP contribution in [0.25, 0.3) is 0 Å². The van der Waals surface area contributed by atoms with Crippen molar-refractivity contribution in [2.24, 2.45) is 23.7 Å². The van der Waals surface area contributed by atoms with Gasteiger partial charge in [0.05, 0.1) is 76.5 Å². The van der Waals surface area contributed by atoms with Crippen molar-refractivity contribution in [3.63, 3.8) is 0 Å². The normalized spacial score (nSPS) is 14.4. The molecule has 1 rings (SSSR count). The van der Waals surface area contributed by atoms with Crippen LogP contribution < -0.4 is 0 Å². The van der Waals surface area contributed by atoms with Gasteiger partial charge >= 0.3 is 47.8 Å². The van der Waals surface area contributed by atoms with Gasteiger partial charge < -0.3 is 68.1 Å². The van der Waals surface area contributed by atoms with Gasteiger partial charge in [-0.2, -0.15) is 0 Å². The Morgan fingerprint density at radius 3 is 0.515 bits per heavy atom. The molecule has 1 heterocycles. The number of piperazine rings is 1. The van der Waals surface area contributed by atoms with E-state index < -0.39 is 48.3 Å². The number of carbonyl (C=O) groups is 8. The maximum absolute atomic E-state index is 13.4. The standard InChI is InChI=1S/C110H208N4O20/c1-9-17-25-33-37-53-71-95(67-49-29-21-13-5)103(119)127-83-57-41-45-61-87-131-107(123)99(115)91-113(92-100(116)108(124)132-88-62-46-42-58-84-128-104(120)96(68-50-30-22-14-6)72-54-38-34-26-18-10-2)77-65-75-111-79-81-112(82-80-111)76-66-78-114(93-101(117)109(125)133-89-63-47-43-59-85-129-105(121)97(69-51-31-23-15-7)73-55-39-35-27-19-11-3)94-102(118)110(126)134-90-64-48-44-60-86-130-106(122)98(70-52-32-24-16-8)74-56-40-36-28-20-12-4/h95-102,115-118H,9-94H2,1-8H3. The summed E-state index contributed by atoms with van der Waals surface area (Å²) < 4.78 is 45.5. The third-order valence-electron chi connectivity index (χ3n) is 26.9. The lowest BCUT2D eigenvalue weighted by Crippen LogP contribution is -2.48. The van der Waals surface area contributed by atoms with Gasteiger partial charge in [-0.25, -0.2) is 19.2 Å². The number of rotatable bonds is 100. The first kappa shape index (κ1) is 127. The maximum Gasteiger partial charge on any atom is 0.336 e. The summed E-state index contributed by atoms with van der Waals surface area (Å²) in [6, 6.07) is 0. The molecule has 0 aliphatic carbocycles. The third-order valence-corrected chi connectivity index (χ3v) is 26.9. The number of nitrogens with zero attached hydrogens (tertiary/aromatic N) is 4. The van der Waals surface area contributed by atoms with E-state index in [1.54, 1.807) is 9.80 Å². The summed E-state index contributed by atoms with van der Waals surface area (Å²) >= 11 is 0. The van der Waals surface area contributed by atoms with E-state index in [2.05, 4.69) is 65.2 Å². The van der Waals surface area contributed by atoms with Crippen LogP contribution in [0.4, 0.5) is 0 Å². The minimum atomic E-state index is -1.55. The highest BCUT2D eigenvalue weighted by atomic mass is 16.6. The first-order valence-electron chi connectivity index (χ1n) is 56.3. The Bertz CT molecular complexity index is 2390. The summed E-state index contributed by atoms with van der Waals surface area (Å²) in [6.45, 7) is 23.7. The smallest absolute Gasteiger partial charge is 0.336 e. The SMILES string of the molecule is CCCCCCCCC(CCCCCC)C(=O)OCCCCCCOC(=O)C(O)CN(CCCN1CCN(CCCN(CC(O)C(=O)OCCCCCCOC(=O)C(CCCCCC)CCCCCCCC)CC(O)C(=O)OCCCCCCOC(=O)C(CCCCCC)CCCCCCCC)CC1)CC(O)C(=O)OCCCCCCOC(=O)C(CCCCCC)CCCCCCCC. The van der Waals surface area contributed by atoms with Crippen molar-refractivity contribution in [3.8, 4) is 0 Å². The molecule has 8 atom stereocenters. The van der Waals surface area contributed by atoms with E-state index in [1.807, 2.05) is 0 Å². The lowest BCUT2D eigenvalue weighted by atomic mass is 9.94. The van der Waals surface area contributed by atoms with Crippen LogP contribution in [0.5, 0.6) is 0 Å². The molecule has 0 aromatic heterocycles. The Kier molecular flexibility index (Phi) is 88.8. The molecule has 0 amide bonds. The van der Waals surface area contributed by atoms with Crippen molar-refractivity contribution >= 4 is 47.8 Å². The fourth-order valence-corrected chi connectivity index (χ4v) is 18.0. The first-order valence-corrected chi connectivity index (χ1v) is 56.3. The molecular weight excluding hydrogens is 1700 g/mol. The molecular formula is C110H208N4O20. The quantitative estimate of drug-likeness (QED) is 0.0250. The summed E-state index contributed by atoms with van der Waals surface area (Å²) in [5.74, 6) is -3.73. The van der Waals surface area contributed by atoms with Gasteiger partial charge in [0.15, 0.2) is 24.4 Å². The van der Waals surface area contributed by atoms with Crippen molar-refractivity contribution in [2.45, 2.75) is 504 Å². The Morgan fingerprint density at radius 2 is 0.343 bits per heavy atom. The fraction of sp³-hybridized carbons (Fsp3) is 0.927. The summed E-state index contributed by atoms with van der Waals surface area (Å²) in [7, 11) is 0. The highest BCUT2D eigenvalue weighted by molar-refractivity contribution is 5.77. The number of aliphatic hydroxyl groups is 4. The number of hydrogen-bond acceptors (Lipinski definition) is 24. The molecule has 0 aromatic carbocycles. The molecule has 1 aliphatic rings. The van der Waals surface area contributed by atoms with E-state index >= 15 is 0 Å². The van der Waals surface area contributed by atoms with Crippen LogP contribution in [-0.2, 0) is 76.3 Å². The molecule has 134 heavy (non-hydrogen) atoms. The molecule has 0 saturated carbocycles. The Labute approximate surface area is 818 Å². The average Bonchev–Trinajstić information content (AvgIpc) is 0.893. The molecule has 8 unspecified atom stereocenters. The van der Waals surface area contributed by atoms with Gasteiger partial charge in [-0.1, -0.05) is 312 Å². The summed E-state index contributed by atoms with van der Waals surface area (Å²) in [6.07, 6.45) is 59.6. The average molecular weight is 1910 g/mol. The number of hydrogen-bond donors (Lipinski definition) is 4. The molecule has 4 N–H and O–H groups in total. The van der Waals surface area contributed by atoms with Crippen LogP contribution in [0.15, 0.2) is 0 Å². The Morgan fingerprint density at radius 1 is 0.201 bits per heavy atom. The van der Waals surface area contributed by atoms with Gasteiger partial charge in [-0.3, -0.25) is 29.0 Å². The summed E-state index contributed by atoms with van der Waals surface area (Å²) in [4.78, 5) is 115. The Hall–Kier alpha value is -4.56. The van der Waals surface area contributed by atoms with Crippen molar-refractivity contribution in [1.82, 2.24) is 19.6 Å². The van der Waals surface area contributed by atoms with E-state index in [-0.39, 0.29) is 100 Å². The van der Waals surface area contributed by atoms with E-state index in [9.17, 15) is 58.8 Å². The topological polar surface area (TPSA) is 304 Å². The maximum atomic E-state index is 13.4. The summed E-state index contributed by atoms with van der Waals surface area (Å²) in [5.41, 5.74) is 0. The number of unbranched alkanes of at least 4 members (excludes halogenated alkanes) is 44. The van der Waals surface area contributed by atoms with E-state index in [1.165, 1.54) is 128 Å². The van der Waals surface area contributed by atoms with Crippen LogP contribution in [0.3, 0.4) is 0 Å². The highest BCUT2D eigenvalue weighted by Gasteiger charge is 2.31. The van der Waals surface area contributed by atoms with E-state index in [0.29, 0.717) is 117 Å². The van der Waals surface area contributed by atoms with Crippen LogP contribution in [0, 0.1) is 23.7 Å². The lowest BCUT2D eigenvalue weighted by molar-refractivity contribution is -0.158. The van der Waals surface area contributed by atoms with Crippen LogP contribution in [0.2, 0.25) is 0 Å². The zero-order chi connectivity index (χ0) is 98.0. The molecule has 24 heteroatoms.